The quantitative estimate of drug-likeness (QED) is 0.644. The van der Waals surface area contributed by atoms with E-state index in [9.17, 15) is 4.39 Å². The Balaban J connectivity index is 1.75. The van der Waals surface area contributed by atoms with Crippen molar-refractivity contribution in [1.29, 1.82) is 0 Å². The van der Waals surface area contributed by atoms with Crippen molar-refractivity contribution in [2.45, 2.75) is 33.2 Å². The highest BCUT2D eigenvalue weighted by atomic mass is 19.1. The Hall–Kier alpha value is -2.60. The van der Waals surface area contributed by atoms with Crippen LogP contribution in [0.4, 0.5) is 4.39 Å². The molecule has 2 aliphatic heterocycles. The van der Waals surface area contributed by atoms with Gasteiger partial charge in [-0.15, -0.1) is 0 Å². The minimum absolute atomic E-state index is 0.103. The summed E-state index contributed by atoms with van der Waals surface area (Å²) in [6.07, 6.45) is 15.1. The molecular weight excluding hydrogens is 365 g/mol. The standard InChI is InChI=1S/C23H32FN5/c1-4-6-19-8-7-18(14-20(19)26-9-5-2)15-28-21-16-27-17(3)22(24)23(21)29-12-10-25-11-13-29/h5-9,14,16-17,25,27-28H,4,10-13,15H2,1-3H3/b9-5-,19-6+,26-20+. The van der Waals surface area contributed by atoms with Crippen LogP contribution in [0.2, 0.25) is 0 Å². The van der Waals surface area contributed by atoms with E-state index in [1.807, 2.05) is 32.3 Å². The van der Waals surface area contributed by atoms with Gasteiger partial charge in [-0.05, 0) is 37.5 Å². The number of rotatable bonds is 6. The Bertz CT molecular complexity index is 807. The van der Waals surface area contributed by atoms with Gasteiger partial charge in [0.15, 0.2) is 0 Å². The van der Waals surface area contributed by atoms with Crippen LogP contribution in [0.5, 0.6) is 0 Å². The first-order valence-electron chi connectivity index (χ1n) is 10.5. The molecule has 1 fully saturated rings. The molecule has 29 heavy (non-hydrogen) atoms. The van der Waals surface area contributed by atoms with Gasteiger partial charge in [0.05, 0.1) is 23.1 Å². The first-order chi connectivity index (χ1) is 14.1. The van der Waals surface area contributed by atoms with Crippen LogP contribution in [0.1, 0.15) is 27.2 Å². The maximum absolute atomic E-state index is 15.0. The summed E-state index contributed by atoms with van der Waals surface area (Å²) in [6, 6.07) is -0.305. The van der Waals surface area contributed by atoms with Crippen LogP contribution in [0, 0.1) is 0 Å². The largest absolute Gasteiger partial charge is 0.380 e. The molecule has 1 aliphatic carbocycles. The van der Waals surface area contributed by atoms with Crippen LogP contribution in [0.15, 0.2) is 76.1 Å². The molecular formula is C23H32FN5. The molecule has 1 atom stereocenters. The van der Waals surface area contributed by atoms with Crippen LogP contribution in [0.25, 0.3) is 0 Å². The van der Waals surface area contributed by atoms with Crippen molar-refractivity contribution >= 4 is 5.71 Å². The third-order valence-electron chi connectivity index (χ3n) is 5.14. The topological polar surface area (TPSA) is 51.7 Å². The van der Waals surface area contributed by atoms with E-state index < -0.39 is 0 Å². The van der Waals surface area contributed by atoms with Crippen LogP contribution in [-0.4, -0.2) is 49.4 Å². The van der Waals surface area contributed by atoms with E-state index in [4.69, 9.17) is 0 Å². The van der Waals surface area contributed by atoms with Crippen LogP contribution < -0.4 is 16.0 Å². The Morgan fingerprint density at radius 2 is 2.10 bits per heavy atom. The lowest BCUT2D eigenvalue weighted by atomic mass is 9.99. The third kappa shape index (κ3) is 5.26. The Morgan fingerprint density at radius 1 is 1.31 bits per heavy atom. The van der Waals surface area contributed by atoms with E-state index in [-0.39, 0.29) is 11.9 Å². The number of nitrogens with one attached hydrogen (secondary N) is 3. The highest BCUT2D eigenvalue weighted by Crippen LogP contribution is 2.25. The second-order valence-corrected chi connectivity index (χ2v) is 7.35. The van der Waals surface area contributed by atoms with Gasteiger partial charge in [-0.3, -0.25) is 4.99 Å². The summed E-state index contributed by atoms with van der Waals surface area (Å²) in [6.45, 7) is 9.90. The zero-order chi connectivity index (χ0) is 20.6. The third-order valence-corrected chi connectivity index (χ3v) is 5.14. The molecule has 1 saturated heterocycles. The zero-order valence-electron chi connectivity index (χ0n) is 17.6. The summed E-state index contributed by atoms with van der Waals surface area (Å²) in [5.74, 6) is -0.103. The fourth-order valence-electron chi connectivity index (χ4n) is 3.58. The van der Waals surface area contributed by atoms with Gasteiger partial charge in [-0.2, -0.15) is 0 Å². The van der Waals surface area contributed by atoms with Crippen molar-refractivity contribution in [1.82, 2.24) is 20.9 Å². The van der Waals surface area contributed by atoms with Crippen molar-refractivity contribution < 1.29 is 4.39 Å². The lowest BCUT2D eigenvalue weighted by Crippen LogP contribution is -2.46. The van der Waals surface area contributed by atoms with Gasteiger partial charge in [0.2, 0.25) is 0 Å². The van der Waals surface area contributed by atoms with Crippen molar-refractivity contribution in [2.24, 2.45) is 4.99 Å². The molecule has 0 aromatic carbocycles. The van der Waals surface area contributed by atoms with Gasteiger partial charge in [-0.1, -0.05) is 31.2 Å². The summed E-state index contributed by atoms with van der Waals surface area (Å²) in [4.78, 5) is 6.69. The van der Waals surface area contributed by atoms with E-state index in [1.54, 1.807) is 0 Å². The van der Waals surface area contributed by atoms with E-state index >= 15 is 0 Å². The Morgan fingerprint density at radius 3 is 2.83 bits per heavy atom. The van der Waals surface area contributed by atoms with E-state index in [0.717, 1.165) is 55.2 Å². The van der Waals surface area contributed by atoms with Gasteiger partial charge in [0.1, 0.15) is 5.83 Å². The summed E-state index contributed by atoms with van der Waals surface area (Å²) >= 11 is 0. The van der Waals surface area contributed by atoms with Gasteiger partial charge in [-0.25, -0.2) is 4.39 Å². The van der Waals surface area contributed by atoms with Crippen molar-refractivity contribution in [2.75, 3.05) is 32.7 Å². The van der Waals surface area contributed by atoms with Gasteiger partial charge < -0.3 is 20.9 Å². The van der Waals surface area contributed by atoms with E-state index in [2.05, 4.69) is 57.1 Å². The lowest BCUT2D eigenvalue weighted by Gasteiger charge is -2.36. The molecule has 1 unspecified atom stereocenters. The molecule has 5 nitrogen and oxygen atoms in total. The zero-order valence-corrected chi connectivity index (χ0v) is 17.6. The smallest absolute Gasteiger partial charge is 0.147 e. The number of dihydropyridines is 1. The van der Waals surface area contributed by atoms with Crippen LogP contribution in [0.3, 0.4) is 0 Å². The van der Waals surface area contributed by atoms with Crippen molar-refractivity contribution in [3.63, 3.8) is 0 Å². The molecule has 0 radical (unpaired) electrons. The molecule has 0 saturated carbocycles. The Labute approximate surface area is 173 Å². The first kappa shape index (κ1) is 21.1. The fourth-order valence-corrected chi connectivity index (χ4v) is 3.58. The minimum Gasteiger partial charge on any atom is -0.380 e. The van der Waals surface area contributed by atoms with Crippen LogP contribution >= 0.6 is 0 Å². The maximum atomic E-state index is 15.0. The number of hydrogen-bond donors (Lipinski definition) is 3. The molecule has 0 aromatic rings. The summed E-state index contributed by atoms with van der Waals surface area (Å²) < 4.78 is 15.0. The monoisotopic (exact) mass is 397 g/mol. The highest BCUT2D eigenvalue weighted by molar-refractivity contribution is 6.12. The molecule has 6 heteroatoms. The molecule has 0 bridgehead atoms. The average molecular weight is 398 g/mol. The maximum Gasteiger partial charge on any atom is 0.147 e. The number of piperazine rings is 1. The number of hydrogen-bond acceptors (Lipinski definition) is 5. The number of nitrogens with zero attached hydrogens (tertiary/aromatic N) is 2. The van der Waals surface area contributed by atoms with Crippen LogP contribution in [-0.2, 0) is 0 Å². The number of aliphatic imine (C=N–C) groups is 1. The fraction of sp³-hybridized carbons (Fsp3) is 0.435. The van der Waals surface area contributed by atoms with E-state index in [0.29, 0.717) is 12.2 Å². The summed E-state index contributed by atoms with van der Waals surface area (Å²) in [7, 11) is 0. The normalized spacial score (nSPS) is 25.5. The second-order valence-electron chi connectivity index (χ2n) is 7.35. The molecule has 2 heterocycles. The number of allylic oxidation sites excluding steroid dienone is 5. The first-order valence-corrected chi connectivity index (χ1v) is 10.5. The summed E-state index contributed by atoms with van der Waals surface area (Å²) in [5, 5.41) is 9.89. The van der Waals surface area contributed by atoms with Gasteiger partial charge >= 0.3 is 0 Å². The van der Waals surface area contributed by atoms with Crippen molar-refractivity contribution in [3.8, 4) is 0 Å². The average Bonchev–Trinajstić information content (AvgIpc) is 2.75. The molecule has 3 N–H and O–H groups in total. The minimum atomic E-state index is -0.305. The highest BCUT2D eigenvalue weighted by Gasteiger charge is 2.27. The SMILES string of the molecule is C\C=C/N=C1\C=C(CNC2=CNC(C)C(F)=C2N2CCNCC2)C=C\C1=C/CC. The molecule has 3 rings (SSSR count). The predicted molar refractivity (Wildman–Crippen MR) is 119 cm³/mol. The predicted octanol–water partition coefficient (Wildman–Crippen LogP) is 3.30. The summed E-state index contributed by atoms with van der Waals surface area (Å²) in [5.41, 5.74) is 4.69. The van der Waals surface area contributed by atoms with Gasteiger partial charge in [0, 0.05) is 45.1 Å². The molecule has 156 valence electrons. The molecule has 0 amide bonds. The van der Waals surface area contributed by atoms with Crippen molar-refractivity contribution in [3.05, 3.63) is 71.1 Å². The lowest BCUT2D eigenvalue weighted by molar-refractivity contribution is 0.283. The number of halogens is 1. The van der Waals surface area contributed by atoms with Gasteiger partial charge in [0.25, 0.3) is 0 Å². The van der Waals surface area contributed by atoms with E-state index in [1.165, 1.54) is 0 Å². The Kier molecular flexibility index (Phi) is 7.47. The second kappa shape index (κ2) is 10.3. The molecule has 0 aromatic heterocycles. The molecule has 3 aliphatic rings. The molecule has 0 spiro atoms.